The van der Waals surface area contributed by atoms with Gasteiger partial charge >= 0.3 is 0 Å². The van der Waals surface area contributed by atoms with Gasteiger partial charge in [0.2, 0.25) is 0 Å². The van der Waals surface area contributed by atoms with Crippen molar-refractivity contribution in [2.75, 3.05) is 24.7 Å². The van der Waals surface area contributed by atoms with E-state index < -0.39 is 15.9 Å². The molecule has 0 aromatic rings. The Kier molecular flexibility index (Phi) is 8.89. The minimum Gasteiger partial charge on any atom is -0.390 e. The summed E-state index contributed by atoms with van der Waals surface area (Å²) in [4.78, 5) is 0. The van der Waals surface area contributed by atoms with Crippen LogP contribution in [0.4, 0.5) is 0 Å². The number of unbranched alkanes of at least 4 members (excludes halogenated alkanes) is 2. The third-order valence-electron chi connectivity index (χ3n) is 2.21. The minimum absolute atomic E-state index is 0.116. The van der Waals surface area contributed by atoms with E-state index in [-0.39, 0.29) is 18.1 Å². The highest BCUT2D eigenvalue weighted by Gasteiger charge is 2.16. The number of sulfone groups is 1. The van der Waals surface area contributed by atoms with Gasteiger partial charge in [-0.05, 0) is 12.8 Å². The summed E-state index contributed by atoms with van der Waals surface area (Å²) in [5, 5.41) is 9.48. The first-order chi connectivity index (χ1) is 7.52. The quantitative estimate of drug-likeness (QED) is 0.597. The van der Waals surface area contributed by atoms with Crippen LogP contribution in [0, 0.1) is 0 Å². The Bertz CT molecular complexity index is 249. The zero-order chi connectivity index (χ0) is 12.4. The molecule has 0 radical (unpaired) electrons. The lowest BCUT2D eigenvalue weighted by Crippen LogP contribution is -2.27. The van der Waals surface area contributed by atoms with Gasteiger partial charge in [0.15, 0.2) is 9.84 Å². The van der Waals surface area contributed by atoms with Crippen LogP contribution in [0.2, 0.25) is 0 Å². The monoisotopic (exact) mass is 252 g/mol. The van der Waals surface area contributed by atoms with Crippen molar-refractivity contribution in [3.05, 3.63) is 0 Å². The average molecular weight is 252 g/mol. The Morgan fingerprint density at radius 3 is 2.38 bits per heavy atom. The molecule has 0 aliphatic heterocycles. The van der Waals surface area contributed by atoms with E-state index in [4.69, 9.17) is 4.74 Å². The number of hydrogen-bond donors (Lipinski definition) is 1. The molecule has 0 rings (SSSR count). The van der Waals surface area contributed by atoms with Gasteiger partial charge in [-0.15, -0.1) is 0 Å². The van der Waals surface area contributed by atoms with Crippen LogP contribution in [0.25, 0.3) is 0 Å². The molecule has 1 atom stereocenters. The van der Waals surface area contributed by atoms with Gasteiger partial charge in [-0.3, -0.25) is 0 Å². The topological polar surface area (TPSA) is 63.6 Å². The molecule has 0 heterocycles. The van der Waals surface area contributed by atoms with Crippen molar-refractivity contribution in [3.63, 3.8) is 0 Å². The van der Waals surface area contributed by atoms with Crippen LogP contribution in [-0.2, 0) is 14.6 Å². The van der Waals surface area contributed by atoms with Crippen molar-refractivity contribution in [1.82, 2.24) is 0 Å². The summed E-state index contributed by atoms with van der Waals surface area (Å²) in [5.41, 5.74) is 0. The zero-order valence-corrected chi connectivity index (χ0v) is 11.1. The van der Waals surface area contributed by atoms with Gasteiger partial charge < -0.3 is 9.84 Å². The lowest BCUT2D eigenvalue weighted by molar-refractivity contribution is 0.0465. The maximum Gasteiger partial charge on any atom is 0.152 e. The summed E-state index contributed by atoms with van der Waals surface area (Å²) in [5.74, 6) is -0.0192. The van der Waals surface area contributed by atoms with E-state index in [0.29, 0.717) is 13.0 Å². The van der Waals surface area contributed by atoms with E-state index in [1.54, 1.807) is 0 Å². The summed E-state index contributed by atoms with van der Waals surface area (Å²) in [6.45, 7) is 4.70. The number of ether oxygens (including phenoxy) is 1. The third kappa shape index (κ3) is 9.12. The average Bonchev–Trinajstić information content (AvgIpc) is 2.21. The summed E-state index contributed by atoms with van der Waals surface area (Å²) in [6.07, 6.45) is 2.59. The largest absolute Gasteiger partial charge is 0.390 e. The summed E-state index contributed by atoms with van der Waals surface area (Å²) < 4.78 is 28.1. The predicted octanol–water partition coefficient (Wildman–Crippen LogP) is 1.38. The Labute approximate surface area is 98.9 Å². The normalized spacial score (nSPS) is 13.9. The molecule has 4 nitrogen and oxygen atoms in total. The molecular formula is C11H24O4S. The van der Waals surface area contributed by atoms with Crippen molar-refractivity contribution in [2.24, 2.45) is 0 Å². The van der Waals surface area contributed by atoms with Gasteiger partial charge in [-0.25, -0.2) is 8.42 Å². The molecule has 16 heavy (non-hydrogen) atoms. The fourth-order valence-electron chi connectivity index (χ4n) is 1.25. The fourth-order valence-corrected chi connectivity index (χ4v) is 2.83. The van der Waals surface area contributed by atoms with Gasteiger partial charge in [0.1, 0.15) is 0 Å². The highest BCUT2D eigenvalue weighted by atomic mass is 32.2. The fraction of sp³-hybridized carbons (Fsp3) is 1.00. The van der Waals surface area contributed by atoms with Crippen molar-refractivity contribution in [2.45, 2.75) is 45.6 Å². The first kappa shape index (κ1) is 15.9. The van der Waals surface area contributed by atoms with Gasteiger partial charge in [0.05, 0.1) is 24.2 Å². The van der Waals surface area contributed by atoms with Gasteiger partial charge in [-0.2, -0.15) is 0 Å². The van der Waals surface area contributed by atoms with E-state index in [9.17, 15) is 13.5 Å². The van der Waals surface area contributed by atoms with E-state index in [0.717, 1.165) is 19.3 Å². The summed E-state index contributed by atoms with van der Waals surface area (Å²) in [6, 6.07) is 0. The molecular weight excluding hydrogens is 228 g/mol. The number of rotatable bonds is 10. The van der Waals surface area contributed by atoms with Crippen molar-refractivity contribution in [1.29, 1.82) is 0 Å². The van der Waals surface area contributed by atoms with Crippen LogP contribution in [0.3, 0.4) is 0 Å². The first-order valence-corrected chi connectivity index (χ1v) is 7.80. The number of aliphatic hydroxyl groups is 1. The second-order valence-corrected chi connectivity index (χ2v) is 6.28. The highest BCUT2D eigenvalue weighted by Crippen LogP contribution is 2.01. The third-order valence-corrected chi connectivity index (χ3v) is 4.01. The Balaban J connectivity index is 3.72. The molecule has 0 aliphatic carbocycles. The van der Waals surface area contributed by atoms with Crippen LogP contribution >= 0.6 is 0 Å². The Hall–Kier alpha value is -0.130. The number of aliphatic hydroxyl groups excluding tert-OH is 1. The molecule has 1 unspecified atom stereocenters. The Morgan fingerprint density at radius 2 is 1.81 bits per heavy atom. The van der Waals surface area contributed by atoms with Crippen molar-refractivity contribution >= 4 is 9.84 Å². The molecule has 1 N–H and O–H groups in total. The second-order valence-electron chi connectivity index (χ2n) is 4.05. The molecule has 0 bridgehead atoms. The molecule has 0 amide bonds. The van der Waals surface area contributed by atoms with E-state index in [1.807, 2.05) is 6.92 Å². The van der Waals surface area contributed by atoms with E-state index >= 15 is 0 Å². The predicted molar refractivity (Wildman–Crippen MR) is 65.3 cm³/mol. The van der Waals surface area contributed by atoms with Gasteiger partial charge in [0.25, 0.3) is 0 Å². The highest BCUT2D eigenvalue weighted by molar-refractivity contribution is 7.91. The first-order valence-electron chi connectivity index (χ1n) is 5.98. The molecule has 5 heteroatoms. The van der Waals surface area contributed by atoms with Gasteiger partial charge in [0, 0.05) is 6.61 Å². The lowest BCUT2D eigenvalue weighted by Gasteiger charge is -2.11. The van der Waals surface area contributed by atoms with E-state index in [1.165, 1.54) is 0 Å². The maximum atomic E-state index is 11.5. The summed E-state index contributed by atoms with van der Waals surface area (Å²) in [7, 11) is -3.12. The molecule has 0 aromatic carbocycles. The molecule has 0 aliphatic rings. The minimum atomic E-state index is -3.12. The van der Waals surface area contributed by atoms with Crippen LogP contribution in [0.15, 0.2) is 0 Å². The van der Waals surface area contributed by atoms with Crippen LogP contribution in [-0.4, -0.2) is 44.3 Å². The molecule has 0 spiro atoms. The standard InChI is InChI=1S/C11H24O4S/c1-3-5-7-15-9-11(12)10-16(13,14)8-6-4-2/h11-12H,3-10H2,1-2H3. The van der Waals surface area contributed by atoms with Crippen molar-refractivity contribution in [3.8, 4) is 0 Å². The molecule has 0 fully saturated rings. The summed E-state index contributed by atoms with van der Waals surface area (Å²) >= 11 is 0. The SMILES string of the molecule is CCCCOCC(O)CS(=O)(=O)CCCC. The Morgan fingerprint density at radius 1 is 1.19 bits per heavy atom. The zero-order valence-electron chi connectivity index (χ0n) is 10.3. The molecule has 0 saturated heterocycles. The molecule has 98 valence electrons. The number of hydrogen-bond acceptors (Lipinski definition) is 4. The lowest BCUT2D eigenvalue weighted by atomic mass is 10.3. The van der Waals surface area contributed by atoms with Crippen LogP contribution < -0.4 is 0 Å². The maximum absolute atomic E-state index is 11.5. The smallest absolute Gasteiger partial charge is 0.152 e. The molecule has 0 saturated carbocycles. The van der Waals surface area contributed by atoms with E-state index in [2.05, 4.69) is 6.92 Å². The van der Waals surface area contributed by atoms with Crippen molar-refractivity contribution < 1.29 is 18.3 Å². The molecule has 0 aromatic heterocycles. The van der Waals surface area contributed by atoms with Gasteiger partial charge in [-0.1, -0.05) is 26.7 Å². The van der Waals surface area contributed by atoms with Crippen LogP contribution in [0.1, 0.15) is 39.5 Å². The second kappa shape index (κ2) is 8.96. The van der Waals surface area contributed by atoms with Crippen LogP contribution in [0.5, 0.6) is 0 Å².